The third-order valence-electron chi connectivity index (χ3n) is 6.50. The average molecular weight is 441 g/mol. The fraction of sp³-hybridized carbons (Fsp3) is 0.800. The maximum absolute atomic E-state index is 13.4. The van der Waals surface area contributed by atoms with Crippen LogP contribution in [0.15, 0.2) is 11.6 Å². The average Bonchev–Trinajstić information content (AvgIpc) is 3.29. The van der Waals surface area contributed by atoms with Crippen LogP contribution in [-0.4, -0.2) is 85.4 Å². The minimum Gasteiger partial charge on any atom is -0.347 e. The summed E-state index contributed by atoms with van der Waals surface area (Å²) in [4.78, 5) is 24.4. The van der Waals surface area contributed by atoms with Gasteiger partial charge in [0, 0.05) is 49.8 Å². The van der Waals surface area contributed by atoms with Crippen molar-refractivity contribution in [3.8, 4) is 0 Å². The van der Waals surface area contributed by atoms with Gasteiger partial charge in [0.2, 0.25) is 5.91 Å². The van der Waals surface area contributed by atoms with E-state index in [-0.39, 0.29) is 29.5 Å². The highest BCUT2D eigenvalue weighted by Crippen LogP contribution is 2.29. The number of hydrogen-bond acceptors (Lipinski definition) is 7. The monoisotopic (exact) mass is 440 g/mol. The predicted molar refractivity (Wildman–Crippen MR) is 116 cm³/mol. The molecule has 3 heterocycles. The molecule has 1 unspecified atom stereocenters. The fourth-order valence-electron chi connectivity index (χ4n) is 5.02. The van der Waals surface area contributed by atoms with E-state index in [1.807, 2.05) is 16.5 Å². The first kappa shape index (κ1) is 21.1. The molecule has 0 spiro atoms. The molecule has 2 aliphatic heterocycles. The van der Waals surface area contributed by atoms with E-state index in [9.17, 15) is 13.2 Å². The molecule has 1 atom stereocenters. The zero-order chi connectivity index (χ0) is 20.3. The lowest BCUT2D eigenvalue weighted by atomic mass is 9.92. The van der Waals surface area contributed by atoms with Crippen LogP contribution in [0.3, 0.4) is 0 Å². The van der Waals surface area contributed by atoms with Gasteiger partial charge in [-0.1, -0.05) is 19.3 Å². The van der Waals surface area contributed by atoms with Gasteiger partial charge in [-0.2, -0.15) is 0 Å². The number of nitrogens with zero attached hydrogens (tertiary/aromatic N) is 4. The quantitative estimate of drug-likeness (QED) is 0.697. The molecule has 29 heavy (non-hydrogen) atoms. The number of carbonyl (C=O) groups excluding carboxylic acids is 1. The van der Waals surface area contributed by atoms with Crippen molar-refractivity contribution < 1.29 is 13.2 Å². The molecule has 0 radical (unpaired) electrons. The molecule has 3 aliphatic rings. The Morgan fingerprint density at radius 3 is 2.59 bits per heavy atom. The highest BCUT2D eigenvalue weighted by atomic mass is 32.2. The van der Waals surface area contributed by atoms with Gasteiger partial charge in [-0.15, -0.1) is 11.3 Å². The molecule has 3 fully saturated rings. The summed E-state index contributed by atoms with van der Waals surface area (Å²) in [6, 6.07) is 0.0859. The van der Waals surface area contributed by atoms with Crippen LogP contribution in [0.25, 0.3) is 0 Å². The van der Waals surface area contributed by atoms with Crippen molar-refractivity contribution >= 4 is 32.2 Å². The molecule has 0 N–H and O–H groups in total. The zero-order valence-corrected chi connectivity index (χ0v) is 18.7. The summed E-state index contributed by atoms with van der Waals surface area (Å²) in [5, 5.41) is 3.05. The van der Waals surface area contributed by atoms with Crippen LogP contribution >= 0.6 is 11.3 Å². The largest absolute Gasteiger partial charge is 0.347 e. The molecule has 1 aromatic heterocycles. The van der Waals surface area contributed by atoms with Gasteiger partial charge < -0.3 is 9.80 Å². The number of carbonyl (C=O) groups is 1. The second kappa shape index (κ2) is 9.31. The van der Waals surface area contributed by atoms with Crippen molar-refractivity contribution in [2.45, 2.75) is 57.0 Å². The van der Waals surface area contributed by atoms with E-state index in [0.29, 0.717) is 13.0 Å². The van der Waals surface area contributed by atoms with Gasteiger partial charge in [0.05, 0.1) is 18.1 Å². The van der Waals surface area contributed by atoms with Crippen molar-refractivity contribution in [3.05, 3.63) is 11.6 Å². The third-order valence-corrected chi connectivity index (χ3v) is 9.08. The Balaban J connectivity index is 1.40. The molecule has 1 saturated carbocycles. The van der Waals surface area contributed by atoms with Crippen molar-refractivity contribution in [1.29, 1.82) is 0 Å². The summed E-state index contributed by atoms with van der Waals surface area (Å²) in [7, 11) is -3.00. The van der Waals surface area contributed by atoms with Crippen LogP contribution in [0.2, 0.25) is 0 Å². The molecule has 2 saturated heterocycles. The lowest BCUT2D eigenvalue weighted by Gasteiger charge is -2.39. The van der Waals surface area contributed by atoms with E-state index >= 15 is 0 Å². The Bertz CT molecular complexity index is 778. The molecule has 7 nitrogen and oxygen atoms in total. The Labute approximate surface area is 178 Å². The Hall–Kier alpha value is -1.19. The summed E-state index contributed by atoms with van der Waals surface area (Å²) in [5.41, 5.74) is 0. The summed E-state index contributed by atoms with van der Waals surface area (Å²) in [6.07, 6.45) is 8.97. The summed E-state index contributed by atoms with van der Waals surface area (Å²) in [5.74, 6) is 0.495. The molecule has 0 bridgehead atoms. The van der Waals surface area contributed by atoms with Crippen molar-refractivity contribution in [1.82, 2.24) is 14.8 Å². The Morgan fingerprint density at radius 1 is 1.07 bits per heavy atom. The number of rotatable bonds is 5. The molecule has 1 amide bonds. The standard InChI is InChI=1S/C20H32N4O3S2/c25-19(15-22-9-4-10-23(12-11-22)20-21-8-13-28-20)24(17-5-2-1-3-6-17)18-7-14-29(26,27)16-18/h8,13,17-18H,1-7,9-12,14-16H2. The normalized spacial score (nSPS) is 26.3. The number of anilines is 1. The van der Waals surface area contributed by atoms with E-state index in [0.717, 1.165) is 63.4 Å². The summed E-state index contributed by atoms with van der Waals surface area (Å²) in [6.45, 7) is 3.98. The van der Waals surface area contributed by atoms with Gasteiger partial charge in [0.15, 0.2) is 15.0 Å². The molecular formula is C20H32N4O3S2. The van der Waals surface area contributed by atoms with Crippen molar-refractivity contribution in [3.63, 3.8) is 0 Å². The maximum Gasteiger partial charge on any atom is 0.237 e. The molecule has 162 valence electrons. The van der Waals surface area contributed by atoms with Crippen molar-refractivity contribution in [2.24, 2.45) is 0 Å². The third kappa shape index (κ3) is 5.30. The molecule has 9 heteroatoms. The Kier molecular flexibility index (Phi) is 6.76. The first-order valence-electron chi connectivity index (χ1n) is 10.9. The maximum atomic E-state index is 13.4. The molecular weight excluding hydrogens is 408 g/mol. The minimum atomic E-state index is -3.00. The SMILES string of the molecule is O=C(CN1CCCN(c2nccs2)CC1)N(C1CCCCC1)C1CCS(=O)(=O)C1. The van der Waals surface area contributed by atoms with E-state index < -0.39 is 9.84 Å². The van der Waals surface area contributed by atoms with Crippen LogP contribution in [0, 0.1) is 0 Å². The van der Waals surface area contributed by atoms with Crippen LogP contribution in [-0.2, 0) is 14.6 Å². The first-order valence-corrected chi connectivity index (χ1v) is 13.6. The number of hydrogen-bond donors (Lipinski definition) is 0. The van der Waals surface area contributed by atoms with Crippen molar-refractivity contribution in [2.75, 3.05) is 49.1 Å². The number of sulfone groups is 1. The van der Waals surface area contributed by atoms with Gasteiger partial charge in [-0.3, -0.25) is 9.69 Å². The second-order valence-corrected chi connectivity index (χ2v) is 11.7. The van der Waals surface area contributed by atoms with E-state index in [1.165, 1.54) is 6.42 Å². The van der Waals surface area contributed by atoms with Gasteiger partial charge >= 0.3 is 0 Å². The highest BCUT2D eigenvalue weighted by Gasteiger charge is 2.38. The van der Waals surface area contributed by atoms with Gasteiger partial charge in [-0.25, -0.2) is 13.4 Å². The van der Waals surface area contributed by atoms with Crippen LogP contribution in [0.4, 0.5) is 5.13 Å². The van der Waals surface area contributed by atoms with E-state index in [2.05, 4.69) is 14.8 Å². The van der Waals surface area contributed by atoms with Gasteiger partial charge in [0.25, 0.3) is 0 Å². The van der Waals surface area contributed by atoms with Gasteiger partial charge in [0.1, 0.15) is 0 Å². The molecule has 4 rings (SSSR count). The smallest absolute Gasteiger partial charge is 0.237 e. The molecule has 0 aromatic carbocycles. The topological polar surface area (TPSA) is 73.8 Å². The summed E-state index contributed by atoms with van der Waals surface area (Å²) < 4.78 is 24.2. The molecule has 1 aliphatic carbocycles. The lowest BCUT2D eigenvalue weighted by molar-refractivity contribution is -0.137. The van der Waals surface area contributed by atoms with Crippen LogP contribution < -0.4 is 4.90 Å². The number of thiazole rings is 1. The highest BCUT2D eigenvalue weighted by molar-refractivity contribution is 7.91. The van der Waals surface area contributed by atoms with Crippen LogP contribution in [0.5, 0.6) is 0 Å². The number of aromatic nitrogens is 1. The van der Waals surface area contributed by atoms with Gasteiger partial charge in [-0.05, 0) is 25.7 Å². The minimum absolute atomic E-state index is 0.127. The second-order valence-electron chi connectivity index (χ2n) is 8.58. The van der Waals surface area contributed by atoms with Crippen LogP contribution in [0.1, 0.15) is 44.9 Å². The zero-order valence-electron chi connectivity index (χ0n) is 17.0. The Morgan fingerprint density at radius 2 is 1.90 bits per heavy atom. The number of amides is 1. The lowest BCUT2D eigenvalue weighted by Crippen LogP contribution is -2.52. The first-order chi connectivity index (χ1) is 14.0. The van der Waals surface area contributed by atoms with E-state index in [1.54, 1.807) is 11.3 Å². The molecule has 1 aromatic rings. The predicted octanol–water partition coefficient (Wildman–Crippen LogP) is 2.00. The van der Waals surface area contributed by atoms with E-state index in [4.69, 9.17) is 0 Å². The summed E-state index contributed by atoms with van der Waals surface area (Å²) >= 11 is 1.66. The fourth-order valence-corrected chi connectivity index (χ4v) is 7.43.